The van der Waals surface area contributed by atoms with Crippen LogP contribution in [0.4, 0.5) is 8.78 Å². The Morgan fingerprint density at radius 3 is 2.76 bits per heavy atom. The lowest BCUT2D eigenvalue weighted by molar-refractivity contribution is -0.119. The first kappa shape index (κ1) is 23.4. The zero-order valence-electron chi connectivity index (χ0n) is 15.4. The summed E-state index contributed by atoms with van der Waals surface area (Å²) in [5, 5.41) is 4.40. The van der Waals surface area contributed by atoms with Crippen molar-refractivity contribution in [3.63, 3.8) is 0 Å². The molecule has 0 aliphatic rings. The van der Waals surface area contributed by atoms with Gasteiger partial charge in [0.05, 0.1) is 0 Å². The molecule has 0 saturated heterocycles. The lowest BCUT2D eigenvalue weighted by Crippen LogP contribution is -2.33. The Labute approximate surface area is 177 Å². The minimum atomic E-state index is -3.84. The third kappa shape index (κ3) is 6.54. The molecular formula is C20H19ClF2NO3PS. The maximum Gasteiger partial charge on any atom is 0.237 e. The Bertz CT molecular complexity index is 994. The molecule has 0 heterocycles. The lowest BCUT2D eigenvalue weighted by Gasteiger charge is -2.20. The standard InChI is InChI=1S/C20H19ClF2NO3PS/c1-3-29-18-8-7-15(21)11-14(18)12-17(28(2,26)27)20(25)24-10-9-13-5-4-6-16(22)19(13)23/h3-11,17H,1,12H2,2H3,(H,24,25)(H,26,27)/b10-9+. The molecule has 154 valence electrons. The average Bonchev–Trinajstić information content (AvgIpc) is 2.64. The number of hydrogen-bond acceptors (Lipinski definition) is 3. The van der Waals surface area contributed by atoms with E-state index in [4.69, 9.17) is 11.6 Å². The fraction of sp³-hybridized carbons (Fsp3) is 0.150. The average molecular weight is 458 g/mol. The number of halogens is 3. The smallest absolute Gasteiger partial charge is 0.237 e. The zero-order valence-corrected chi connectivity index (χ0v) is 17.9. The molecule has 0 bridgehead atoms. The van der Waals surface area contributed by atoms with E-state index in [1.54, 1.807) is 23.6 Å². The number of rotatable bonds is 8. The molecule has 2 aromatic rings. The van der Waals surface area contributed by atoms with E-state index in [0.717, 1.165) is 23.8 Å². The number of thioether (sulfide) groups is 1. The Hall–Kier alpha value is -1.92. The van der Waals surface area contributed by atoms with Crippen LogP contribution in [0.25, 0.3) is 6.08 Å². The van der Waals surface area contributed by atoms with Gasteiger partial charge in [0.1, 0.15) is 5.66 Å². The second kappa shape index (κ2) is 10.2. The minimum absolute atomic E-state index is 0.0327. The van der Waals surface area contributed by atoms with E-state index in [2.05, 4.69) is 11.9 Å². The van der Waals surface area contributed by atoms with Crippen molar-refractivity contribution < 1.29 is 23.0 Å². The van der Waals surface area contributed by atoms with Crippen molar-refractivity contribution in [2.45, 2.75) is 17.0 Å². The maximum absolute atomic E-state index is 13.7. The van der Waals surface area contributed by atoms with Crippen LogP contribution in [0.2, 0.25) is 5.02 Å². The third-order valence-corrected chi connectivity index (χ3v) is 6.62. The van der Waals surface area contributed by atoms with Crippen LogP contribution in [0.15, 0.2) is 59.5 Å². The SMILES string of the molecule is C=CSc1ccc(Cl)cc1CC(C(=O)N/C=C/c1cccc(F)c1F)P(C)(=O)O. The minimum Gasteiger partial charge on any atom is -0.344 e. The normalized spacial score (nSPS) is 14.4. The van der Waals surface area contributed by atoms with E-state index in [0.29, 0.717) is 10.6 Å². The molecular weight excluding hydrogens is 439 g/mol. The fourth-order valence-electron chi connectivity index (χ4n) is 2.56. The lowest BCUT2D eigenvalue weighted by atomic mass is 10.1. The van der Waals surface area contributed by atoms with Crippen molar-refractivity contribution in [3.05, 3.63) is 82.4 Å². The van der Waals surface area contributed by atoms with Crippen molar-refractivity contribution in [2.75, 3.05) is 6.66 Å². The van der Waals surface area contributed by atoms with Crippen molar-refractivity contribution in [1.29, 1.82) is 0 Å². The van der Waals surface area contributed by atoms with Gasteiger partial charge >= 0.3 is 0 Å². The molecule has 2 aromatic carbocycles. The summed E-state index contributed by atoms with van der Waals surface area (Å²) >= 11 is 7.33. The zero-order chi connectivity index (χ0) is 21.6. The Kier molecular flexibility index (Phi) is 8.23. The van der Waals surface area contributed by atoms with Gasteiger partial charge in [0.25, 0.3) is 0 Å². The second-order valence-corrected chi connectivity index (χ2v) is 10.1. The van der Waals surface area contributed by atoms with E-state index < -0.39 is 30.6 Å². The van der Waals surface area contributed by atoms with Gasteiger partial charge in [-0.15, -0.1) is 0 Å². The highest BCUT2D eigenvalue weighted by Gasteiger charge is 2.33. The van der Waals surface area contributed by atoms with Crippen molar-refractivity contribution in [1.82, 2.24) is 5.32 Å². The predicted molar refractivity (Wildman–Crippen MR) is 114 cm³/mol. The van der Waals surface area contributed by atoms with E-state index in [1.165, 1.54) is 30.0 Å². The van der Waals surface area contributed by atoms with Gasteiger partial charge in [-0.1, -0.05) is 42.1 Å². The van der Waals surface area contributed by atoms with Gasteiger partial charge in [0.15, 0.2) is 11.6 Å². The van der Waals surface area contributed by atoms with Crippen molar-refractivity contribution in [2.24, 2.45) is 0 Å². The first-order valence-corrected chi connectivity index (χ1v) is 11.8. The van der Waals surface area contributed by atoms with Crippen LogP contribution in [-0.2, 0) is 15.8 Å². The highest BCUT2D eigenvalue weighted by Crippen LogP contribution is 2.44. The molecule has 0 spiro atoms. The number of benzene rings is 2. The van der Waals surface area contributed by atoms with E-state index in [1.807, 2.05) is 0 Å². The summed E-state index contributed by atoms with van der Waals surface area (Å²) in [4.78, 5) is 23.4. The molecule has 2 rings (SSSR count). The molecule has 0 aromatic heterocycles. The molecule has 0 saturated carbocycles. The van der Waals surface area contributed by atoms with Crippen LogP contribution < -0.4 is 5.32 Å². The van der Waals surface area contributed by atoms with Gasteiger partial charge in [-0.25, -0.2) is 8.78 Å². The van der Waals surface area contributed by atoms with Gasteiger partial charge in [-0.3, -0.25) is 9.36 Å². The summed E-state index contributed by atoms with van der Waals surface area (Å²) in [5.74, 6) is -2.79. The number of amides is 1. The Balaban J connectivity index is 2.23. The van der Waals surface area contributed by atoms with Crippen LogP contribution in [-0.4, -0.2) is 23.1 Å². The number of hydrogen-bond donors (Lipinski definition) is 2. The van der Waals surface area contributed by atoms with Gasteiger partial charge in [0.2, 0.25) is 13.3 Å². The molecule has 2 unspecified atom stereocenters. The van der Waals surface area contributed by atoms with Crippen molar-refractivity contribution >= 4 is 42.7 Å². The molecule has 29 heavy (non-hydrogen) atoms. The summed E-state index contributed by atoms with van der Waals surface area (Å²) in [6.07, 6.45) is 2.25. The number of nitrogens with one attached hydrogen (secondary N) is 1. The Morgan fingerprint density at radius 1 is 1.38 bits per heavy atom. The summed E-state index contributed by atoms with van der Waals surface area (Å²) in [5.41, 5.74) is -0.698. The maximum atomic E-state index is 13.7. The van der Waals surface area contributed by atoms with Gasteiger partial charge in [-0.05, 0) is 47.7 Å². The van der Waals surface area contributed by atoms with Gasteiger partial charge < -0.3 is 10.2 Å². The van der Waals surface area contributed by atoms with Crippen LogP contribution in [0.5, 0.6) is 0 Å². The summed E-state index contributed by atoms with van der Waals surface area (Å²) in [6, 6.07) is 8.68. The molecule has 1 amide bonds. The Morgan fingerprint density at radius 2 is 2.10 bits per heavy atom. The van der Waals surface area contributed by atoms with E-state index in [-0.39, 0.29) is 12.0 Å². The molecule has 2 atom stereocenters. The summed E-state index contributed by atoms with van der Waals surface area (Å²) < 4.78 is 39.3. The van der Waals surface area contributed by atoms with Gasteiger partial charge in [-0.2, -0.15) is 0 Å². The predicted octanol–water partition coefficient (Wildman–Crippen LogP) is 5.45. The van der Waals surface area contributed by atoms with Crippen LogP contribution in [0.1, 0.15) is 11.1 Å². The first-order chi connectivity index (χ1) is 13.6. The molecule has 0 fully saturated rings. The molecule has 0 radical (unpaired) electrons. The van der Waals surface area contributed by atoms with Crippen molar-refractivity contribution in [3.8, 4) is 0 Å². The largest absolute Gasteiger partial charge is 0.344 e. The molecule has 0 aliphatic heterocycles. The van der Waals surface area contributed by atoms with Crippen LogP contribution in [0, 0.1) is 11.6 Å². The number of carbonyl (C=O) groups is 1. The summed E-state index contributed by atoms with van der Waals surface area (Å²) in [7, 11) is -3.84. The first-order valence-electron chi connectivity index (χ1n) is 8.40. The van der Waals surface area contributed by atoms with Crippen LogP contribution in [0.3, 0.4) is 0 Å². The van der Waals surface area contributed by atoms with E-state index >= 15 is 0 Å². The van der Waals surface area contributed by atoms with Crippen LogP contribution >= 0.6 is 30.7 Å². The number of carbonyl (C=O) groups excluding carboxylic acids is 1. The molecule has 2 N–H and O–H groups in total. The summed E-state index contributed by atoms with van der Waals surface area (Å²) in [6.45, 7) is 4.74. The monoisotopic (exact) mass is 457 g/mol. The topological polar surface area (TPSA) is 66.4 Å². The van der Waals surface area contributed by atoms with E-state index in [9.17, 15) is 23.0 Å². The molecule has 9 heteroatoms. The quantitative estimate of drug-likeness (QED) is 0.408. The fourth-order valence-corrected chi connectivity index (χ4v) is 4.42. The highest BCUT2D eigenvalue weighted by molar-refractivity contribution is 8.02. The molecule has 4 nitrogen and oxygen atoms in total. The van der Waals surface area contributed by atoms with Gasteiger partial charge in [0, 0.05) is 28.3 Å². The third-order valence-electron chi connectivity index (χ3n) is 4.00. The molecule has 0 aliphatic carbocycles. The highest BCUT2D eigenvalue weighted by atomic mass is 35.5. The second-order valence-electron chi connectivity index (χ2n) is 6.18.